The summed E-state index contributed by atoms with van der Waals surface area (Å²) < 4.78 is 0. The molecule has 1 aromatic carbocycles. The number of aromatic hydroxyl groups is 1. The molecule has 2 heterocycles. The Labute approximate surface area is 139 Å². The number of hydrogen-bond acceptors (Lipinski definition) is 4. The molecule has 7 heteroatoms. The van der Waals surface area contributed by atoms with Crippen LogP contribution in [0.25, 0.3) is 0 Å². The highest BCUT2D eigenvalue weighted by Gasteiger charge is 2.22. The van der Waals surface area contributed by atoms with Gasteiger partial charge < -0.3 is 20.2 Å². The molecule has 1 aliphatic rings. The number of hydrogen-bond donors (Lipinski definition) is 2. The number of nitrogens with one attached hydrogen (secondary N) is 1. The second-order valence-electron chi connectivity index (χ2n) is 5.26. The minimum absolute atomic E-state index is 0.163. The third-order valence-corrected chi connectivity index (χ3v) is 3.97. The standard InChI is InChI=1S/C16H17ClN4O2/c17-15-11-12(5-6-18-15)19-16(23)21-9-7-20(8-10-21)13-3-1-2-4-14(13)22/h1-6,11,22H,7-10H2,(H,18,19,23). The lowest BCUT2D eigenvalue weighted by atomic mass is 10.2. The zero-order valence-electron chi connectivity index (χ0n) is 12.4. The number of phenols is 1. The molecule has 6 nitrogen and oxygen atoms in total. The number of urea groups is 1. The summed E-state index contributed by atoms with van der Waals surface area (Å²) in [6.45, 7) is 2.50. The molecule has 3 rings (SSSR count). The SMILES string of the molecule is O=C(Nc1ccnc(Cl)c1)N1CCN(c2ccccc2O)CC1. The van der Waals surface area contributed by atoms with Crippen LogP contribution in [0.3, 0.4) is 0 Å². The second-order valence-corrected chi connectivity index (χ2v) is 5.65. The minimum atomic E-state index is -0.163. The molecule has 0 saturated carbocycles. The Morgan fingerprint density at radius 1 is 1.17 bits per heavy atom. The van der Waals surface area contributed by atoms with Crippen LogP contribution >= 0.6 is 11.6 Å². The van der Waals surface area contributed by atoms with Gasteiger partial charge in [-0.25, -0.2) is 9.78 Å². The van der Waals surface area contributed by atoms with Crippen LogP contribution in [0.5, 0.6) is 5.75 Å². The predicted molar refractivity (Wildman–Crippen MR) is 90.2 cm³/mol. The van der Waals surface area contributed by atoms with Gasteiger partial charge in [0.15, 0.2) is 0 Å². The number of phenolic OH excluding ortho intramolecular Hbond substituents is 1. The number of halogens is 1. The number of pyridine rings is 1. The molecule has 2 N–H and O–H groups in total. The Morgan fingerprint density at radius 3 is 2.61 bits per heavy atom. The summed E-state index contributed by atoms with van der Waals surface area (Å²) >= 11 is 5.81. The Hall–Kier alpha value is -2.47. The summed E-state index contributed by atoms with van der Waals surface area (Å²) in [6, 6.07) is 10.4. The van der Waals surface area contributed by atoms with Crippen molar-refractivity contribution in [2.75, 3.05) is 36.4 Å². The molecule has 23 heavy (non-hydrogen) atoms. The summed E-state index contributed by atoms with van der Waals surface area (Å²) in [7, 11) is 0. The number of nitrogens with zero attached hydrogens (tertiary/aromatic N) is 3. The van der Waals surface area contributed by atoms with Gasteiger partial charge in [0.1, 0.15) is 10.9 Å². The van der Waals surface area contributed by atoms with Gasteiger partial charge in [0, 0.05) is 38.1 Å². The van der Waals surface area contributed by atoms with Crippen LogP contribution in [0.15, 0.2) is 42.6 Å². The van der Waals surface area contributed by atoms with E-state index in [4.69, 9.17) is 11.6 Å². The molecular formula is C16H17ClN4O2. The fourth-order valence-corrected chi connectivity index (χ4v) is 2.74. The van der Waals surface area contributed by atoms with Gasteiger partial charge in [-0.05, 0) is 24.3 Å². The maximum atomic E-state index is 12.3. The zero-order valence-corrected chi connectivity index (χ0v) is 13.2. The number of anilines is 2. The first-order chi connectivity index (χ1) is 11.1. The van der Waals surface area contributed by atoms with E-state index in [1.165, 1.54) is 0 Å². The third-order valence-electron chi connectivity index (χ3n) is 3.77. The number of piperazine rings is 1. The number of carbonyl (C=O) groups excluding carboxylic acids is 1. The normalized spacial score (nSPS) is 14.7. The molecule has 1 fully saturated rings. The van der Waals surface area contributed by atoms with E-state index >= 15 is 0 Å². The van der Waals surface area contributed by atoms with Crippen molar-refractivity contribution >= 4 is 29.0 Å². The van der Waals surface area contributed by atoms with Gasteiger partial charge in [0.2, 0.25) is 0 Å². The van der Waals surface area contributed by atoms with Gasteiger partial charge in [-0.15, -0.1) is 0 Å². The predicted octanol–water partition coefficient (Wildman–Crippen LogP) is 2.79. The molecule has 1 aromatic heterocycles. The van der Waals surface area contributed by atoms with Crippen molar-refractivity contribution < 1.29 is 9.90 Å². The number of para-hydroxylation sites is 2. The largest absolute Gasteiger partial charge is 0.506 e. The van der Waals surface area contributed by atoms with Crippen molar-refractivity contribution in [3.63, 3.8) is 0 Å². The Balaban J connectivity index is 1.58. The first-order valence-electron chi connectivity index (χ1n) is 7.34. The molecule has 0 unspecified atom stereocenters. The first kappa shape index (κ1) is 15.4. The molecule has 0 aliphatic carbocycles. The van der Waals surface area contributed by atoms with Gasteiger partial charge >= 0.3 is 6.03 Å². The highest BCUT2D eigenvalue weighted by Crippen LogP contribution is 2.27. The minimum Gasteiger partial charge on any atom is -0.506 e. The maximum absolute atomic E-state index is 12.3. The summed E-state index contributed by atoms with van der Waals surface area (Å²) in [5.74, 6) is 0.261. The molecule has 2 aromatic rings. The molecule has 0 radical (unpaired) electrons. The Morgan fingerprint density at radius 2 is 1.91 bits per heavy atom. The molecule has 1 saturated heterocycles. The smallest absolute Gasteiger partial charge is 0.321 e. The van der Waals surface area contributed by atoms with E-state index in [0.29, 0.717) is 37.0 Å². The van der Waals surface area contributed by atoms with Gasteiger partial charge in [-0.2, -0.15) is 0 Å². The van der Waals surface area contributed by atoms with Crippen molar-refractivity contribution in [2.24, 2.45) is 0 Å². The van der Waals surface area contributed by atoms with Gasteiger partial charge in [-0.1, -0.05) is 23.7 Å². The van der Waals surface area contributed by atoms with Crippen LogP contribution in [0, 0.1) is 0 Å². The van der Waals surface area contributed by atoms with Gasteiger partial charge in [0.05, 0.1) is 5.69 Å². The monoisotopic (exact) mass is 332 g/mol. The van der Waals surface area contributed by atoms with Crippen LogP contribution in [-0.4, -0.2) is 47.2 Å². The van der Waals surface area contributed by atoms with Gasteiger partial charge in [0.25, 0.3) is 0 Å². The van der Waals surface area contributed by atoms with E-state index in [2.05, 4.69) is 15.2 Å². The number of aromatic nitrogens is 1. The fourth-order valence-electron chi connectivity index (χ4n) is 2.56. The summed E-state index contributed by atoms with van der Waals surface area (Å²) in [5, 5.41) is 13.1. The Kier molecular flexibility index (Phi) is 4.52. The van der Waals surface area contributed by atoms with E-state index < -0.39 is 0 Å². The average Bonchev–Trinajstić information content (AvgIpc) is 2.55. The van der Waals surface area contributed by atoms with Crippen LogP contribution in [-0.2, 0) is 0 Å². The molecule has 0 spiro atoms. The summed E-state index contributed by atoms with van der Waals surface area (Å²) in [4.78, 5) is 20.0. The fraction of sp³-hybridized carbons (Fsp3) is 0.250. The molecule has 1 aliphatic heterocycles. The lowest BCUT2D eigenvalue weighted by molar-refractivity contribution is 0.208. The number of benzene rings is 1. The lowest BCUT2D eigenvalue weighted by Crippen LogP contribution is -2.50. The topological polar surface area (TPSA) is 68.7 Å². The van der Waals surface area contributed by atoms with Crippen molar-refractivity contribution in [3.8, 4) is 5.75 Å². The first-order valence-corrected chi connectivity index (χ1v) is 7.72. The van der Waals surface area contributed by atoms with Crippen molar-refractivity contribution in [2.45, 2.75) is 0 Å². The number of amides is 2. The second kappa shape index (κ2) is 6.75. The number of carbonyl (C=O) groups is 1. The van der Waals surface area contributed by atoms with Crippen LogP contribution in [0.1, 0.15) is 0 Å². The third kappa shape index (κ3) is 3.65. The molecule has 2 amide bonds. The quantitative estimate of drug-likeness (QED) is 0.830. The van der Waals surface area contributed by atoms with Crippen LogP contribution < -0.4 is 10.2 Å². The van der Waals surface area contributed by atoms with Crippen molar-refractivity contribution in [1.29, 1.82) is 0 Å². The molecule has 120 valence electrons. The maximum Gasteiger partial charge on any atom is 0.321 e. The van der Waals surface area contributed by atoms with E-state index in [1.807, 2.05) is 12.1 Å². The Bertz CT molecular complexity index is 702. The van der Waals surface area contributed by atoms with E-state index in [-0.39, 0.29) is 11.8 Å². The number of rotatable bonds is 2. The van der Waals surface area contributed by atoms with Crippen LogP contribution in [0.2, 0.25) is 5.15 Å². The summed E-state index contributed by atoms with van der Waals surface area (Å²) in [6.07, 6.45) is 1.55. The highest BCUT2D eigenvalue weighted by atomic mass is 35.5. The average molecular weight is 333 g/mol. The summed E-state index contributed by atoms with van der Waals surface area (Å²) in [5.41, 5.74) is 1.42. The van der Waals surface area contributed by atoms with Crippen LogP contribution in [0.4, 0.5) is 16.2 Å². The zero-order chi connectivity index (χ0) is 16.2. The van der Waals surface area contributed by atoms with Gasteiger partial charge in [-0.3, -0.25) is 0 Å². The lowest BCUT2D eigenvalue weighted by Gasteiger charge is -2.36. The molecule has 0 bridgehead atoms. The molecule has 0 atom stereocenters. The van der Waals surface area contributed by atoms with Crippen molar-refractivity contribution in [3.05, 3.63) is 47.7 Å². The van der Waals surface area contributed by atoms with E-state index in [9.17, 15) is 9.90 Å². The van der Waals surface area contributed by atoms with E-state index in [0.717, 1.165) is 5.69 Å². The van der Waals surface area contributed by atoms with Crippen molar-refractivity contribution in [1.82, 2.24) is 9.88 Å². The van der Waals surface area contributed by atoms with E-state index in [1.54, 1.807) is 35.4 Å². The molecular weight excluding hydrogens is 316 g/mol. The highest BCUT2D eigenvalue weighted by molar-refractivity contribution is 6.29.